The molecule has 0 bridgehead atoms. The van der Waals surface area contributed by atoms with E-state index in [1.165, 1.54) is 0 Å². The van der Waals surface area contributed by atoms with E-state index in [9.17, 15) is 0 Å². The van der Waals surface area contributed by atoms with Gasteiger partial charge in [-0.05, 0) is 35.5 Å². The summed E-state index contributed by atoms with van der Waals surface area (Å²) in [6.45, 7) is 5.11. The lowest BCUT2D eigenvalue weighted by atomic mass is 10.2. The smallest absolute Gasteiger partial charge is 0.134 e. The zero-order valence-electron chi connectivity index (χ0n) is 6.73. The first-order chi connectivity index (χ1) is 5.25. The maximum absolute atomic E-state index is 5.27. The van der Waals surface area contributed by atoms with E-state index in [0.717, 1.165) is 16.8 Å². The fourth-order valence-electron chi connectivity index (χ4n) is 1.01. The number of nitrogens with one attached hydrogen (secondary N) is 1. The van der Waals surface area contributed by atoms with E-state index in [1.54, 1.807) is 6.26 Å². The molecular formula is C8H12BrNO. The van der Waals surface area contributed by atoms with E-state index in [1.807, 2.05) is 6.07 Å². The second kappa shape index (κ2) is 3.93. The van der Waals surface area contributed by atoms with Gasteiger partial charge in [0.2, 0.25) is 0 Å². The summed E-state index contributed by atoms with van der Waals surface area (Å²) in [6.07, 6.45) is 1.69. The second-order valence-corrected chi connectivity index (χ2v) is 3.27. The van der Waals surface area contributed by atoms with Gasteiger partial charge in [0, 0.05) is 0 Å². The van der Waals surface area contributed by atoms with Gasteiger partial charge in [-0.1, -0.05) is 6.92 Å². The zero-order valence-corrected chi connectivity index (χ0v) is 8.31. The van der Waals surface area contributed by atoms with Crippen molar-refractivity contribution in [2.24, 2.45) is 0 Å². The Bertz CT molecular complexity index is 222. The molecule has 1 heterocycles. The Morgan fingerprint density at radius 2 is 2.45 bits per heavy atom. The van der Waals surface area contributed by atoms with Crippen molar-refractivity contribution >= 4 is 15.9 Å². The summed E-state index contributed by atoms with van der Waals surface area (Å²) in [4.78, 5) is 0. The summed E-state index contributed by atoms with van der Waals surface area (Å²) < 4.78 is 6.30. The molecule has 0 saturated carbocycles. The van der Waals surface area contributed by atoms with Crippen molar-refractivity contribution in [3.8, 4) is 0 Å². The molecule has 1 rings (SSSR count). The third-order valence-corrected chi connectivity index (χ3v) is 2.20. The van der Waals surface area contributed by atoms with Gasteiger partial charge in [-0.15, -0.1) is 0 Å². The minimum Gasteiger partial charge on any atom is -0.466 e. The van der Waals surface area contributed by atoms with E-state index >= 15 is 0 Å². The van der Waals surface area contributed by atoms with E-state index in [2.05, 4.69) is 35.1 Å². The van der Waals surface area contributed by atoms with Crippen LogP contribution in [0.5, 0.6) is 0 Å². The van der Waals surface area contributed by atoms with Crippen molar-refractivity contribution in [3.63, 3.8) is 0 Å². The molecule has 0 radical (unpaired) electrons. The molecule has 0 saturated heterocycles. The average Bonchev–Trinajstić information content (AvgIpc) is 2.36. The lowest BCUT2D eigenvalue weighted by Crippen LogP contribution is -2.17. The third kappa shape index (κ3) is 2.07. The molecular weight excluding hydrogens is 206 g/mol. The molecule has 1 aromatic rings. The Balaban J connectivity index is 2.67. The van der Waals surface area contributed by atoms with Crippen molar-refractivity contribution < 1.29 is 4.42 Å². The average molecular weight is 218 g/mol. The predicted octanol–water partition coefficient (Wildman–Crippen LogP) is 2.71. The molecule has 0 aromatic carbocycles. The molecule has 0 aliphatic carbocycles. The standard InChI is InChI=1S/C8H12BrNO/c1-3-10-6(2)8-7(9)4-5-11-8/h4-6,10H,3H2,1-2H3. The van der Waals surface area contributed by atoms with Gasteiger partial charge in [0.15, 0.2) is 0 Å². The number of hydrogen-bond acceptors (Lipinski definition) is 2. The molecule has 0 spiro atoms. The fraction of sp³-hybridized carbons (Fsp3) is 0.500. The number of rotatable bonds is 3. The third-order valence-electron chi connectivity index (χ3n) is 1.55. The lowest BCUT2D eigenvalue weighted by Gasteiger charge is -2.08. The highest BCUT2D eigenvalue weighted by atomic mass is 79.9. The molecule has 1 atom stereocenters. The molecule has 3 heteroatoms. The zero-order chi connectivity index (χ0) is 8.27. The van der Waals surface area contributed by atoms with Crippen LogP contribution in [-0.4, -0.2) is 6.54 Å². The Labute approximate surface area is 75.1 Å². The number of hydrogen-bond donors (Lipinski definition) is 1. The van der Waals surface area contributed by atoms with Crippen LogP contribution in [0.2, 0.25) is 0 Å². The molecule has 11 heavy (non-hydrogen) atoms. The monoisotopic (exact) mass is 217 g/mol. The molecule has 0 aliphatic rings. The normalized spacial score (nSPS) is 13.4. The highest BCUT2D eigenvalue weighted by Gasteiger charge is 2.10. The first-order valence-electron chi connectivity index (χ1n) is 3.72. The lowest BCUT2D eigenvalue weighted by molar-refractivity contribution is 0.435. The van der Waals surface area contributed by atoms with E-state index in [4.69, 9.17) is 4.42 Å². The quantitative estimate of drug-likeness (QED) is 0.843. The molecule has 1 aromatic heterocycles. The van der Waals surface area contributed by atoms with Crippen molar-refractivity contribution in [3.05, 3.63) is 22.6 Å². The van der Waals surface area contributed by atoms with Gasteiger partial charge < -0.3 is 9.73 Å². The molecule has 62 valence electrons. The number of halogens is 1. The predicted molar refractivity (Wildman–Crippen MR) is 48.5 cm³/mol. The van der Waals surface area contributed by atoms with Crippen LogP contribution in [0.15, 0.2) is 21.2 Å². The van der Waals surface area contributed by atoms with Crippen LogP contribution < -0.4 is 5.32 Å². The van der Waals surface area contributed by atoms with Crippen molar-refractivity contribution in [2.45, 2.75) is 19.9 Å². The van der Waals surface area contributed by atoms with Gasteiger partial charge in [0.05, 0.1) is 16.8 Å². The molecule has 0 fully saturated rings. The summed E-state index contributed by atoms with van der Waals surface area (Å²) in [5, 5.41) is 3.26. The summed E-state index contributed by atoms with van der Waals surface area (Å²) in [5.41, 5.74) is 0. The number of furan rings is 1. The maximum atomic E-state index is 5.27. The fourth-order valence-corrected chi connectivity index (χ4v) is 1.56. The SMILES string of the molecule is CCNC(C)c1occc1Br. The summed E-state index contributed by atoms with van der Waals surface area (Å²) >= 11 is 3.40. The van der Waals surface area contributed by atoms with Gasteiger partial charge in [-0.25, -0.2) is 0 Å². The topological polar surface area (TPSA) is 25.2 Å². The Morgan fingerprint density at radius 3 is 2.91 bits per heavy atom. The Morgan fingerprint density at radius 1 is 1.73 bits per heavy atom. The van der Waals surface area contributed by atoms with Crippen LogP contribution in [0.25, 0.3) is 0 Å². The molecule has 0 amide bonds. The van der Waals surface area contributed by atoms with Gasteiger partial charge in [-0.2, -0.15) is 0 Å². The Kier molecular flexibility index (Phi) is 3.15. The van der Waals surface area contributed by atoms with Gasteiger partial charge >= 0.3 is 0 Å². The van der Waals surface area contributed by atoms with Crippen LogP contribution in [0.3, 0.4) is 0 Å². The van der Waals surface area contributed by atoms with Crippen molar-refractivity contribution in [2.75, 3.05) is 6.54 Å². The van der Waals surface area contributed by atoms with Crippen LogP contribution >= 0.6 is 15.9 Å². The van der Waals surface area contributed by atoms with Crippen LogP contribution in [0.4, 0.5) is 0 Å². The summed E-state index contributed by atoms with van der Waals surface area (Å²) in [6, 6.07) is 2.19. The maximum Gasteiger partial charge on any atom is 0.134 e. The minimum absolute atomic E-state index is 0.282. The van der Waals surface area contributed by atoms with Gasteiger partial charge in [0.25, 0.3) is 0 Å². The second-order valence-electron chi connectivity index (χ2n) is 2.41. The highest BCUT2D eigenvalue weighted by molar-refractivity contribution is 9.10. The van der Waals surface area contributed by atoms with Crippen molar-refractivity contribution in [1.82, 2.24) is 5.32 Å². The molecule has 0 aliphatic heterocycles. The molecule has 1 N–H and O–H groups in total. The first-order valence-corrected chi connectivity index (χ1v) is 4.51. The molecule has 2 nitrogen and oxygen atoms in total. The van der Waals surface area contributed by atoms with Crippen LogP contribution in [0.1, 0.15) is 25.6 Å². The summed E-state index contributed by atoms with van der Waals surface area (Å²) in [7, 11) is 0. The van der Waals surface area contributed by atoms with Crippen LogP contribution in [0, 0.1) is 0 Å². The highest BCUT2D eigenvalue weighted by Crippen LogP contribution is 2.23. The largest absolute Gasteiger partial charge is 0.466 e. The van der Waals surface area contributed by atoms with Gasteiger partial charge in [0.1, 0.15) is 5.76 Å². The van der Waals surface area contributed by atoms with Crippen molar-refractivity contribution in [1.29, 1.82) is 0 Å². The van der Waals surface area contributed by atoms with E-state index in [0.29, 0.717) is 0 Å². The van der Waals surface area contributed by atoms with Crippen LogP contribution in [-0.2, 0) is 0 Å². The van der Waals surface area contributed by atoms with Gasteiger partial charge in [-0.3, -0.25) is 0 Å². The first kappa shape index (κ1) is 8.81. The summed E-state index contributed by atoms with van der Waals surface area (Å²) in [5.74, 6) is 0.965. The Hall–Kier alpha value is -0.280. The van der Waals surface area contributed by atoms with E-state index in [-0.39, 0.29) is 6.04 Å². The van der Waals surface area contributed by atoms with E-state index < -0.39 is 0 Å². The molecule has 1 unspecified atom stereocenters. The minimum atomic E-state index is 0.282.